The molecular formula is C35H55N5O2. The number of carbonyl (C=O) groups excluding carboxylic acids is 2. The zero-order valence-electron chi connectivity index (χ0n) is 26.3. The Morgan fingerprint density at radius 1 is 0.714 bits per heavy atom. The van der Waals surface area contributed by atoms with Crippen LogP contribution in [0.15, 0.2) is 30.3 Å². The maximum absolute atomic E-state index is 13.4. The van der Waals surface area contributed by atoms with Crippen LogP contribution in [-0.2, 0) is 0 Å². The van der Waals surface area contributed by atoms with Gasteiger partial charge in [0, 0.05) is 59.3 Å². The number of nitrogens with zero attached hydrogens (tertiary/aromatic N) is 3. The van der Waals surface area contributed by atoms with Crippen LogP contribution in [0, 0.1) is 0 Å². The fourth-order valence-electron chi connectivity index (χ4n) is 6.29. The van der Waals surface area contributed by atoms with E-state index in [9.17, 15) is 9.59 Å². The molecule has 2 unspecified atom stereocenters. The predicted octanol–water partition coefficient (Wildman–Crippen LogP) is 6.32. The van der Waals surface area contributed by atoms with Gasteiger partial charge in [-0.3, -0.25) is 14.5 Å². The minimum Gasteiger partial charge on any atom is -0.367 e. The lowest BCUT2D eigenvalue weighted by molar-refractivity contribution is 0.0607. The molecule has 0 aromatic heterocycles. The van der Waals surface area contributed by atoms with E-state index in [1.54, 1.807) is 0 Å². The van der Waals surface area contributed by atoms with E-state index in [0.29, 0.717) is 29.8 Å². The van der Waals surface area contributed by atoms with Crippen LogP contribution >= 0.6 is 0 Å². The van der Waals surface area contributed by atoms with E-state index in [4.69, 9.17) is 11.5 Å². The number of benzene rings is 2. The molecule has 0 saturated carbocycles. The summed E-state index contributed by atoms with van der Waals surface area (Å²) in [5.41, 5.74) is 15.2. The van der Waals surface area contributed by atoms with E-state index in [1.165, 1.54) is 30.6 Å². The summed E-state index contributed by atoms with van der Waals surface area (Å²) in [6.45, 7) is 10.2. The van der Waals surface area contributed by atoms with Gasteiger partial charge in [-0.1, -0.05) is 70.9 Å². The van der Waals surface area contributed by atoms with Gasteiger partial charge in [0.05, 0.1) is 0 Å². The van der Waals surface area contributed by atoms with Gasteiger partial charge in [0.2, 0.25) is 0 Å². The Morgan fingerprint density at radius 2 is 1.31 bits per heavy atom. The lowest BCUT2D eigenvalue weighted by Crippen LogP contribution is -2.40. The third-order valence-corrected chi connectivity index (χ3v) is 9.10. The molecule has 0 bridgehead atoms. The van der Waals surface area contributed by atoms with Crippen LogP contribution in [0.4, 0.5) is 5.69 Å². The zero-order chi connectivity index (χ0) is 29.9. The number of carbonyl (C=O) groups is 2. The summed E-state index contributed by atoms with van der Waals surface area (Å²) in [5.74, 6) is -0.294. The molecule has 4 N–H and O–H groups in total. The standard InChI is InChI=1S/C35H55N5O2/c1-3-5-13-27(36)19-23-38(24-20-28(37)14-6-4-2)21-10-8-7-9-11-22-40-34(41)30-16-12-15-29-32(39-25-26-39)18-17-31(33(29)30)35(40)42/h12,15-18,27-28H,3-11,13-14,19-26,36-37H2,1-2H3. The molecule has 7 heteroatoms. The number of imide groups is 1. The molecule has 2 aliphatic rings. The van der Waals surface area contributed by atoms with Crippen molar-refractivity contribution >= 4 is 28.3 Å². The average molecular weight is 578 g/mol. The minimum absolute atomic E-state index is 0.147. The van der Waals surface area contributed by atoms with Crippen molar-refractivity contribution in [3.63, 3.8) is 0 Å². The topological polar surface area (TPSA) is 95.7 Å². The average Bonchev–Trinajstić information content (AvgIpc) is 3.84. The molecule has 0 aliphatic carbocycles. The van der Waals surface area contributed by atoms with Crippen molar-refractivity contribution in [2.45, 2.75) is 109 Å². The first kappa shape index (κ1) is 32.4. The number of hydrogen-bond acceptors (Lipinski definition) is 6. The molecule has 232 valence electrons. The van der Waals surface area contributed by atoms with Crippen molar-refractivity contribution in [3.05, 3.63) is 41.5 Å². The highest BCUT2D eigenvalue weighted by atomic mass is 16.2. The van der Waals surface area contributed by atoms with Crippen LogP contribution in [0.1, 0.15) is 118 Å². The van der Waals surface area contributed by atoms with Crippen molar-refractivity contribution in [1.29, 1.82) is 0 Å². The van der Waals surface area contributed by atoms with Gasteiger partial charge in [-0.25, -0.2) is 0 Å². The smallest absolute Gasteiger partial charge is 0.261 e. The molecule has 1 fully saturated rings. The van der Waals surface area contributed by atoms with Gasteiger partial charge in [-0.2, -0.15) is 0 Å². The van der Waals surface area contributed by atoms with Gasteiger partial charge in [0.1, 0.15) is 0 Å². The second-order valence-corrected chi connectivity index (χ2v) is 12.6. The molecule has 1 saturated heterocycles. The number of hydrogen-bond donors (Lipinski definition) is 2. The molecule has 42 heavy (non-hydrogen) atoms. The third kappa shape index (κ3) is 8.77. The van der Waals surface area contributed by atoms with Gasteiger partial charge in [-0.15, -0.1) is 0 Å². The number of unbranched alkanes of at least 4 members (excludes halogenated alkanes) is 6. The highest BCUT2D eigenvalue weighted by Crippen LogP contribution is 2.37. The van der Waals surface area contributed by atoms with E-state index in [0.717, 1.165) is 107 Å². The van der Waals surface area contributed by atoms with Crippen LogP contribution in [0.5, 0.6) is 0 Å². The SMILES string of the molecule is CCCCC(N)CCN(CCCCCCCN1C(=O)c2cccc3c(N4CC4)ccc(c23)C1=O)CCC(N)CCCC. The number of anilines is 1. The van der Waals surface area contributed by atoms with E-state index in [1.807, 2.05) is 30.3 Å². The Bertz CT molecular complexity index is 1120. The summed E-state index contributed by atoms with van der Waals surface area (Å²) in [4.78, 5) is 33.0. The van der Waals surface area contributed by atoms with Crippen molar-refractivity contribution < 1.29 is 9.59 Å². The third-order valence-electron chi connectivity index (χ3n) is 9.10. The second-order valence-electron chi connectivity index (χ2n) is 12.6. The number of nitrogens with two attached hydrogens (primary N) is 2. The summed E-state index contributed by atoms with van der Waals surface area (Å²) in [5, 5.41) is 1.85. The van der Waals surface area contributed by atoms with E-state index < -0.39 is 0 Å². The molecule has 2 aliphatic heterocycles. The monoisotopic (exact) mass is 577 g/mol. The molecule has 0 radical (unpaired) electrons. The highest BCUT2D eigenvalue weighted by Gasteiger charge is 2.34. The van der Waals surface area contributed by atoms with Crippen LogP contribution in [-0.4, -0.2) is 73.0 Å². The fourth-order valence-corrected chi connectivity index (χ4v) is 6.29. The summed E-state index contributed by atoms with van der Waals surface area (Å²) in [6, 6.07) is 10.4. The van der Waals surface area contributed by atoms with Gasteiger partial charge < -0.3 is 21.3 Å². The van der Waals surface area contributed by atoms with Gasteiger partial charge in [0.15, 0.2) is 0 Å². The first-order valence-electron chi connectivity index (χ1n) is 16.8. The van der Waals surface area contributed by atoms with Crippen LogP contribution < -0.4 is 16.4 Å². The lowest BCUT2D eigenvalue weighted by atomic mass is 9.93. The summed E-state index contributed by atoms with van der Waals surface area (Å²) in [7, 11) is 0. The largest absolute Gasteiger partial charge is 0.367 e. The van der Waals surface area contributed by atoms with E-state index in [2.05, 4.69) is 23.6 Å². The van der Waals surface area contributed by atoms with Gasteiger partial charge in [0.25, 0.3) is 11.8 Å². The molecule has 4 rings (SSSR count). The Labute approximate surface area is 254 Å². The Hall–Kier alpha value is -2.48. The molecule has 0 spiro atoms. The molecular weight excluding hydrogens is 522 g/mol. The van der Waals surface area contributed by atoms with Crippen LogP contribution in [0.25, 0.3) is 10.8 Å². The van der Waals surface area contributed by atoms with E-state index >= 15 is 0 Å². The van der Waals surface area contributed by atoms with E-state index in [-0.39, 0.29) is 11.8 Å². The van der Waals surface area contributed by atoms with Crippen molar-refractivity contribution in [2.75, 3.05) is 44.2 Å². The van der Waals surface area contributed by atoms with Crippen LogP contribution in [0.3, 0.4) is 0 Å². The summed E-state index contributed by atoms with van der Waals surface area (Å²) >= 11 is 0. The zero-order valence-corrected chi connectivity index (χ0v) is 26.3. The number of amides is 2. The lowest BCUT2D eigenvalue weighted by Gasteiger charge is -2.28. The Kier molecular flexibility index (Phi) is 12.7. The molecule has 7 nitrogen and oxygen atoms in total. The molecule has 2 heterocycles. The second kappa shape index (κ2) is 16.4. The molecule has 2 aromatic rings. The fraction of sp³-hybridized carbons (Fsp3) is 0.657. The maximum atomic E-state index is 13.4. The highest BCUT2D eigenvalue weighted by molar-refractivity contribution is 6.26. The molecule has 2 atom stereocenters. The Balaban J connectivity index is 1.20. The molecule has 2 aromatic carbocycles. The van der Waals surface area contributed by atoms with Crippen molar-refractivity contribution in [1.82, 2.24) is 9.80 Å². The Morgan fingerprint density at radius 3 is 1.93 bits per heavy atom. The molecule has 2 amide bonds. The normalized spacial score (nSPS) is 16.1. The first-order chi connectivity index (χ1) is 20.4. The summed E-state index contributed by atoms with van der Waals surface area (Å²) in [6.07, 6.45) is 14.4. The number of rotatable bonds is 21. The van der Waals surface area contributed by atoms with Crippen molar-refractivity contribution in [3.8, 4) is 0 Å². The first-order valence-corrected chi connectivity index (χ1v) is 16.8. The van der Waals surface area contributed by atoms with Crippen LogP contribution in [0.2, 0.25) is 0 Å². The minimum atomic E-state index is -0.147. The quantitative estimate of drug-likeness (QED) is 0.102. The summed E-state index contributed by atoms with van der Waals surface area (Å²) < 4.78 is 0. The maximum Gasteiger partial charge on any atom is 0.261 e. The van der Waals surface area contributed by atoms with Gasteiger partial charge in [-0.05, 0) is 76.4 Å². The predicted molar refractivity (Wildman–Crippen MR) is 175 cm³/mol. The van der Waals surface area contributed by atoms with Gasteiger partial charge >= 0.3 is 0 Å². The van der Waals surface area contributed by atoms with Crippen molar-refractivity contribution in [2.24, 2.45) is 11.5 Å².